The Morgan fingerprint density at radius 2 is 1.26 bits per heavy atom. The maximum Gasteiger partial charge on any atom is 0.350 e. The van der Waals surface area contributed by atoms with E-state index in [1.807, 2.05) is 24.3 Å². The first-order valence-electron chi connectivity index (χ1n) is 9.73. The zero-order valence-electron chi connectivity index (χ0n) is 17.2. The molecule has 170 valence electrons. The third-order valence-corrected chi connectivity index (χ3v) is 6.35. The number of thiophene rings is 2. The molecule has 0 amide bonds. The topological polar surface area (TPSA) is 140 Å². The molecule has 5 aromatic rings. The van der Waals surface area contributed by atoms with Crippen LogP contribution in [-0.2, 0) is 22.7 Å². The quantitative estimate of drug-likeness (QED) is 0.295. The average Bonchev–Trinajstić information content (AvgIpc) is 3.66. The zero-order chi connectivity index (χ0) is 23.3. The highest BCUT2D eigenvalue weighted by Crippen LogP contribution is 2.23. The van der Waals surface area contributed by atoms with E-state index in [2.05, 4.69) is 31.1 Å². The molecule has 0 fully saturated rings. The summed E-state index contributed by atoms with van der Waals surface area (Å²) in [7, 11) is 0. The Balaban J connectivity index is 1.20. The van der Waals surface area contributed by atoms with Gasteiger partial charge in [-0.05, 0) is 60.9 Å². The van der Waals surface area contributed by atoms with E-state index in [1.54, 1.807) is 22.9 Å². The number of ether oxygens (including phenoxy) is 2. The Kier molecular flexibility index (Phi) is 6.13. The molecule has 5 rings (SSSR count). The van der Waals surface area contributed by atoms with E-state index in [0.29, 0.717) is 21.1 Å². The molecule has 34 heavy (non-hydrogen) atoms. The molecule has 4 heterocycles. The van der Waals surface area contributed by atoms with Gasteiger partial charge in [0.2, 0.25) is 0 Å². The molecule has 0 saturated carbocycles. The number of esters is 2. The SMILES string of the molecule is O=C(OCc1cccc(COC(=O)c2sccc2-n2cnnn2)c1)c1sccc1-n1cnnn1. The van der Waals surface area contributed by atoms with Crippen LogP contribution in [0.1, 0.15) is 30.5 Å². The average molecular weight is 495 g/mol. The van der Waals surface area contributed by atoms with Crippen LogP contribution in [0.5, 0.6) is 0 Å². The van der Waals surface area contributed by atoms with E-state index in [1.165, 1.54) is 44.7 Å². The van der Waals surface area contributed by atoms with Crippen LogP contribution in [0.2, 0.25) is 0 Å². The van der Waals surface area contributed by atoms with Gasteiger partial charge in [0.1, 0.15) is 35.6 Å². The second kappa shape index (κ2) is 9.68. The minimum Gasteiger partial charge on any atom is -0.457 e. The summed E-state index contributed by atoms with van der Waals surface area (Å²) in [5.41, 5.74) is 2.62. The fraction of sp³-hybridized carbons (Fsp3) is 0.100. The molecule has 0 unspecified atom stereocenters. The summed E-state index contributed by atoms with van der Waals surface area (Å²) in [5.74, 6) is -0.963. The molecule has 0 bridgehead atoms. The second-order valence-electron chi connectivity index (χ2n) is 6.75. The summed E-state index contributed by atoms with van der Waals surface area (Å²) >= 11 is 2.49. The molecule has 0 atom stereocenters. The third-order valence-electron chi connectivity index (χ3n) is 4.58. The number of benzene rings is 1. The first-order valence-corrected chi connectivity index (χ1v) is 11.5. The van der Waals surface area contributed by atoms with Crippen molar-refractivity contribution in [1.82, 2.24) is 40.4 Å². The van der Waals surface area contributed by atoms with Gasteiger partial charge in [0.15, 0.2) is 0 Å². The molecule has 0 N–H and O–H groups in total. The number of carbonyl (C=O) groups is 2. The Hall–Kier alpha value is -4.30. The number of hydrogen-bond acceptors (Lipinski definition) is 12. The van der Waals surface area contributed by atoms with Crippen LogP contribution in [0.3, 0.4) is 0 Å². The number of aromatic nitrogens is 8. The molecule has 12 nitrogen and oxygen atoms in total. The Morgan fingerprint density at radius 3 is 1.71 bits per heavy atom. The number of hydrogen-bond donors (Lipinski definition) is 0. The van der Waals surface area contributed by atoms with Crippen LogP contribution in [0, 0.1) is 0 Å². The smallest absolute Gasteiger partial charge is 0.350 e. The van der Waals surface area contributed by atoms with Gasteiger partial charge >= 0.3 is 11.9 Å². The van der Waals surface area contributed by atoms with Crippen molar-refractivity contribution in [1.29, 1.82) is 0 Å². The van der Waals surface area contributed by atoms with Gasteiger partial charge in [-0.2, -0.15) is 9.36 Å². The predicted octanol–water partition coefficient (Wildman–Crippen LogP) is 2.47. The molecule has 4 aromatic heterocycles. The normalized spacial score (nSPS) is 10.8. The predicted molar refractivity (Wildman–Crippen MR) is 119 cm³/mol. The monoisotopic (exact) mass is 494 g/mol. The summed E-state index contributed by atoms with van der Waals surface area (Å²) in [6.45, 7) is 0.115. The molecule has 0 aliphatic heterocycles. The van der Waals surface area contributed by atoms with Crippen LogP contribution in [0.15, 0.2) is 59.8 Å². The molecule has 1 aromatic carbocycles. The highest BCUT2D eigenvalue weighted by atomic mass is 32.1. The van der Waals surface area contributed by atoms with E-state index < -0.39 is 11.9 Å². The lowest BCUT2D eigenvalue weighted by Crippen LogP contribution is -2.09. The van der Waals surface area contributed by atoms with Crippen LogP contribution >= 0.6 is 22.7 Å². The van der Waals surface area contributed by atoms with Gasteiger partial charge in [-0.15, -0.1) is 32.9 Å². The Morgan fingerprint density at radius 1 is 0.765 bits per heavy atom. The van der Waals surface area contributed by atoms with Gasteiger partial charge in [-0.25, -0.2) is 9.59 Å². The van der Waals surface area contributed by atoms with Crippen molar-refractivity contribution in [3.05, 3.63) is 80.7 Å². The van der Waals surface area contributed by atoms with Crippen LogP contribution in [0.4, 0.5) is 0 Å². The van der Waals surface area contributed by atoms with Gasteiger partial charge in [-0.3, -0.25) is 0 Å². The number of nitrogens with zero attached hydrogens (tertiary/aromatic N) is 8. The van der Waals surface area contributed by atoms with Crippen molar-refractivity contribution in [3.8, 4) is 11.4 Å². The number of tetrazole rings is 2. The minimum absolute atomic E-state index is 0.0575. The van der Waals surface area contributed by atoms with E-state index in [0.717, 1.165) is 11.1 Å². The zero-order valence-corrected chi connectivity index (χ0v) is 18.8. The summed E-state index contributed by atoms with van der Waals surface area (Å²) < 4.78 is 13.7. The van der Waals surface area contributed by atoms with E-state index in [9.17, 15) is 9.59 Å². The summed E-state index contributed by atoms with van der Waals surface area (Å²) in [6.07, 6.45) is 2.82. The molecule has 0 spiro atoms. The maximum absolute atomic E-state index is 12.6. The van der Waals surface area contributed by atoms with E-state index in [4.69, 9.17) is 9.47 Å². The standard InChI is InChI=1S/C20H14N8O4S2/c29-19(17-15(4-6-33-17)27-11-21-23-25-27)31-9-13-2-1-3-14(8-13)10-32-20(30)18-16(5-7-34-18)28-12-22-24-26-28/h1-8,11-12H,9-10H2. The molecule has 14 heteroatoms. The van der Waals surface area contributed by atoms with Crippen LogP contribution in [0.25, 0.3) is 11.4 Å². The molecule has 0 radical (unpaired) electrons. The van der Waals surface area contributed by atoms with Crippen molar-refractivity contribution in [2.45, 2.75) is 13.2 Å². The second-order valence-corrected chi connectivity index (χ2v) is 8.58. The molecule has 0 aliphatic carbocycles. The van der Waals surface area contributed by atoms with Gasteiger partial charge in [-0.1, -0.05) is 18.2 Å². The fourth-order valence-electron chi connectivity index (χ4n) is 3.05. The molecule has 0 aliphatic rings. The van der Waals surface area contributed by atoms with Crippen LogP contribution in [-0.4, -0.2) is 52.4 Å². The lowest BCUT2D eigenvalue weighted by molar-refractivity contribution is 0.0477. The first-order chi connectivity index (χ1) is 16.7. The van der Waals surface area contributed by atoms with Gasteiger partial charge in [0, 0.05) is 0 Å². The minimum atomic E-state index is -0.481. The van der Waals surface area contributed by atoms with Crippen molar-refractivity contribution in [3.63, 3.8) is 0 Å². The van der Waals surface area contributed by atoms with Gasteiger partial charge in [0.05, 0.1) is 11.4 Å². The summed E-state index contributed by atoms with van der Waals surface area (Å²) in [6, 6.07) is 10.8. The lowest BCUT2D eigenvalue weighted by Gasteiger charge is -2.08. The fourth-order valence-corrected chi connectivity index (χ4v) is 4.59. The van der Waals surface area contributed by atoms with Gasteiger partial charge < -0.3 is 9.47 Å². The van der Waals surface area contributed by atoms with Crippen molar-refractivity contribution in [2.75, 3.05) is 0 Å². The number of rotatable bonds is 8. The highest BCUT2D eigenvalue weighted by molar-refractivity contribution is 7.12. The Bertz CT molecular complexity index is 1310. The van der Waals surface area contributed by atoms with Crippen molar-refractivity contribution in [2.24, 2.45) is 0 Å². The molecular formula is C20H14N8O4S2. The van der Waals surface area contributed by atoms with Crippen LogP contribution < -0.4 is 0 Å². The summed E-state index contributed by atoms with van der Waals surface area (Å²) in [5, 5.41) is 25.5. The third kappa shape index (κ3) is 4.57. The number of carbonyl (C=O) groups excluding carboxylic acids is 2. The van der Waals surface area contributed by atoms with E-state index >= 15 is 0 Å². The largest absolute Gasteiger partial charge is 0.457 e. The highest BCUT2D eigenvalue weighted by Gasteiger charge is 2.18. The van der Waals surface area contributed by atoms with E-state index in [-0.39, 0.29) is 13.2 Å². The lowest BCUT2D eigenvalue weighted by atomic mass is 10.1. The van der Waals surface area contributed by atoms with Crippen molar-refractivity contribution >= 4 is 34.6 Å². The van der Waals surface area contributed by atoms with Crippen molar-refractivity contribution < 1.29 is 19.1 Å². The Labute approximate surface area is 199 Å². The van der Waals surface area contributed by atoms with Gasteiger partial charge in [0.25, 0.3) is 0 Å². The summed E-state index contributed by atoms with van der Waals surface area (Å²) in [4.78, 5) is 25.9. The maximum atomic E-state index is 12.6. The molecule has 0 saturated heterocycles. The molecular weight excluding hydrogens is 480 g/mol. The first kappa shape index (κ1) is 21.5.